The summed E-state index contributed by atoms with van der Waals surface area (Å²) in [5, 5.41) is 2.31. The molecule has 1 atom stereocenters. The van der Waals surface area contributed by atoms with Gasteiger partial charge < -0.3 is 0 Å². The molecule has 0 rings (SSSR count). The van der Waals surface area contributed by atoms with Crippen LogP contribution in [0.25, 0.3) is 0 Å². The summed E-state index contributed by atoms with van der Waals surface area (Å²) in [7, 11) is -0.0579. The predicted octanol–water partition coefficient (Wildman–Crippen LogP) is -0.178. The van der Waals surface area contributed by atoms with Crippen LogP contribution in [0.1, 0.15) is 0 Å². The van der Waals surface area contributed by atoms with Crippen molar-refractivity contribution in [3.63, 3.8) is 0 Å². The van der Waals surface area contributed by atoms with Gasteiger partial charge in [0.1, 0.15) is 0 Å². The second kappa shape index (κ2) is 2.27. The van der Waals surface area contributed by atoms with Crippen LogP contribution in [0.3, 0.4) is 0 Å². The molecule has 0 aliphatic rings. The maximum Gasteiger partial charge on any atom is 0.529 e. The van der Waals surface area contributed by atoms with Crippen molar-refractivity contribution in [3.05, 3.63) is 0 Å². The van der Waals surface area contributed by atoms with Crippen molar-refractivity contribution in [1.29, 1.82) is 0 Å². The summed E-state index contributed by atoms with van der Waals surface area (Å²) in [5.41, 5.74) is 4.69. The Morgan fingerprint density at radius 1 is 2.00 bits per heavy atom. The van der Waals surface area contributed by atoms with Gasteiger partial charge in [-0.2, -0.15) is 0 Å². The zero-order valence-electron chi connectivity index (χ0n) is 2.93. The molecular weight excluding hydrogens is 87.0 g/mol. The Balaban J connectivity index is 2.85. The molecule has 0 bridgehead atoms. The molecule has 0 saturated carbocycles. The minimum Gasteiger partial charge on any atom is -0.104 e. The zero-order valence-corrected chi connectivity index (χ0v) is 3.83. The lowest BCUT2D eigenvalue weighted by Gasteiger charge is -1.59. The first-order valence-corrected chi connectivity index (χ1v) is 2.49. The molecule has 0 saturated heterocycles. The molecule has 1 unspecified atom stereocenters. The van der Waals surface area contributed by atoms with Crippen molar-refractivity contribution in [2.45, 2.75) is 0 Å². The molecule has 0 heterocycles. The molecule has 4 heteroatoms. The van der Waals surface area contributed by atoms with Crippen LogP contribution >= 0.6 is 8.10 Å². The van der Waals surface area contributed by atoms with Gasteiger partial charge in [-0.1, -0.05) is 5.09 Å². The van der Waals surface area contributed by atoms with Crippen LogP contribution in [-0.4, -0.2) is 7.05 Å². The average Bonchev–Trinajstić information content (AvgIpc) is 1.38. The molecular formula is CH6N2OP+. The van der Waals surface area contributed by atoms with E-state index >= 15 is 0 Å². The largest absolute Gasteiger partial charge is 0.529 e. The second-order valence-electron chi connectivity index (χ2n) is 0.549. The summed E-state index contributed by atoms with van der Waals surface area (Å²) in [4.78, 5) is 0. The molecule has 0 aromatic carbocycles. The average molecular weight is 93.0 g/mol. The van der Waals surface area contributed by atoms with Crippen molar-refractivity contribution in [2.24, 2.45) is 5.50 Å². The monoisotopic (exact) mass is 93.0 g/mol. The SMILES string of the molecule is CN[P+](N)=O. The van der Waals surface area contributed by atoms with E-state index < -0.39 is 8.10 Å². The zero-order chi connectivity index (χ0) is 4.28. The Morgan fingerprint density at radius 2 is 2.20 bits per heavy atom. The van der Waals surface area contributed by atoms with Gasteiger partial charge in [0.2, 0.25) is 0 Å². The Kier molecular flexibility index (Phi) is 2.28. The number of nitrogens with one attached hydrogen (secondary N) is 1. The van der Waals surface area contributed by atoms with Gasteiger partial charge in [-0.15, -0.1) is 5.50 Å². The minimum atomic E-state index is -1.60. The van der Waals surface area contributed by atoms with E-state index in [1.807, 2.05) is 0 Å². The van der Waals surface area contributed by atoms with E-state index in [2.05, 4.69) is 10.6 Å². The summed E-state index contributed by atoms with van der Waals surface area (Å²) in [6, 6.07) is 0. The smallest absolute Gasteiger partial charge is 0.104 e. The first kappa shape index (κ1) is 5.02. The second-order valence-corrected chi connectivity index (χ2v) is 1.65. The van der Waals surface area contributed by atoms with Crippen molar-refractivity contribution >= 4 is 8.10 Å². The Bertz CT molecular complexity index is 44.9. The highest BCUT2D eigenvalue weighted by Crippen LogP contribution is 1.91. The predicted molar refractivity (Wildman–Crippen MR) is 20.9 cm³/mol. The van der Waals surface area contributed by atoms with E-state index in [0.29, 0.717) is 0 Å². The number of rotatable bonds is 1. The van der Waals surface area contributed by atoms with E-state index in [4.69, 9.17) is 0 Å². The molecule has 0 spiro atoms. The van der Waals surface area contributed by atoms with Gasteiger partial charge in [-0.05, 0) is 4.57 Å². The van der Waals surface area contributed by atoms with Crippen molar-refractivity contribution < 1.29 is 4.57 Å². The maximum absolute atomic E-state index is 9.63. The fraction of sp³-hybridized carbons (Fsp3) is 1.00. The standard InChI is InChI=1S/CH6N2OP/c1-3-5(2)4/h1H3,(H3,2,3,4)/q+1. The summed E-state index contributed by atoms with van der Waals surface area (Å²) in [5.74, 6) is 0. The van der Waals surface area contributed by atoms with Gasteiger partial charge in [0.25, 0.3) is 0 Å². The molecule has 3 N–H and O–H groups in total. The Morgan fingerprint density at radius 3 is 2.20 bits per heavy atom. The van der Waals surface area contributed by atoms with E-state index in [9.17, 15) is 4.57 Å². The van der Waals surface area contributed by atoms with Gasteiger partial charge in [0.05, 0.1) is 0 Å². The molecule has 5 heavy (non-hydrogen) atoms. The van der Waals surface area contributed by atoms with Crippen LogP contribution in [0.2, 0.25) is 0 Å². The van der Waals surface area contributed by atoms with Gasteiger partial charge in [0, 0.05) is 7.05 Å². The van der Waals surface area contributed by atoms with Crippen LogP contribution in [0.5, 0.6) is 0 Å². The van der Waals surface area contributed by atoms with Gasteiger partial charge in [-0.3, -0.25) is 0 Å². The fourth-order valence-corrected chi connectivity index (χ4v) is 0. The number of hydrogen-bond acceptors (Lipinski definition) is 1. The molecule has 0 radical (unpaired) electrons. The molecule has 3 nitrogen and oxygen atoms in total. The van der Waals surface area contributed by atoms with Crippen LogP contribution in [0, 0.1) is 0 Å². The Hall–Kier alpha value is 0.0200. The van der Waals surface area contributed by atoms with Crippen molar-refractivity contribution in [2.75, 3.05) is 7.05 Å². The number of hydrogen-bond donors (Lipinski definition) is 2. The highest BCUT2D eigenvalue weighted by Gasteiger charge is 1.94. The lowest BCUT2D eigenvalue weighted by atomic mass is 11.6. The minimum absolute atomic E-state index is 1.54. The molecule has 0 aliphatic carbocycles. The van der Waals surface area contributed by atoms with E-state index in [-0.39, 0.29) is 0 Å². The third kappa shape index (κ3) is 4.02. The van der Waals surface area contributed by atoms with Gasteiger partial charge in [0.15, 0.2) is 0 Å². The highest BCUT2D eigenvalue weighted by molar-refractivity contribution is 7.39. The molecule has 0 amide bonds. The molecule has 0 fully saturated rings. The third-order valence-electron chi connectivity index (χ3n) is 0.220. The van der Waals surface area contributed by atoms with Crippen LogP contribution in [-0.2, 0) is 4.57 Å². The van der Waals surface area contributed by atoms with Gasteiger partial charge in [-0.25, -0.2) is 0 Å². The molecule has 0 aromatic rings. The lowest BCUT2D eigenvalue weighted by molar-refractivity contribution is 0.584. The topological polar surface area (TPSA) is 55.1 Å². The summed E-state index contributed by atoms with van der Waals surface area (Å²) in [6.07, 6.45) is 0. The first-order chi connectivity index (χ1) is 2.27. The van der Waals surface area contributed by atoms with Crippen molar-refractivity contribution in [1.82, 2.24) is 5.09 Å². The fourth-order valence-electron chi connectivity index (χ4n) is 0. The van der Waals surface area contributed by atoms with Gasteiger partial charge >= 0.3 is 8.10 Å². The third-order valence-corrected chi connectivity index (χ3v) is 0.661. The quantitative estimate of drug-likeness (QED) is 0.442. The van der Waals surface area contributed by atoms with Crippen LogP contribution in [0.4, 0.5) is 0 Å². The van der Waals surface area contributed by atoms with Crippen LogP contribution < -0.4 is 10.6 Å². The molecule has 0 aromatic heterocycles. The van der Waals surface area contributed by atoms with E-state index in [1.165, 1.54) is 0 Å². The normalized spacial score (nSPS) is 11.2. The summed E-state index contributed by atoms with van der Waals surface area (Å²) >= 11 is 0. The van der Waals surface area contributed by atoms with Crippen LogP contribution in [0.15, 0.2) is 0 Å². The molecule has 30 valence electrons. The van der Waals surface area contributed by atoms with E-state index in [0.717, 1.165) is 0 Å². The van der Waals surface area contributed by atoms with Crippen molar-refractivity contribution in [3.8, 4) is 0 Å². The summed E-state index contributed by atoms with van der Waals surface area (Å²) in [6.45, 7) is 0. The van der Waals surface area contributed by atoms with E-state index in [1.54, 1.807) is 7.05 Å². The maximum atomic E-state index is 9.63. The first-order valence-electron chi connectivity index (χ1n) is 1.16. The Labute approximate surface area is 31.4 Å². The lowest BCUT2D eigenvalue weighted by Crippen LogP contribution is -1.96. The summed E-state index contributed by atoms with van der Waals surface area (Å²) < 4.78 is 9.63. The molecule has 0 aliphatic heterocycles. The number of nitrogens with two attached hydrogens (primary N) is 1. The highest BCUT2D eigenvalue weighted by atomic mass is 31.1.